The van der Waals surface area contributed by atoms with E-state index in [1.807, 2.05) is 6.07 Å². The number of fused-ring (bicyclic) bond motifs is 1. The Morgan fingerprint density at radius 1 is 1.36 bits per heavy atom. The van der Waals surface area contributed by atoms with Crippen LogP contribution in [0.3, 0.4) is 0 Å². The molecule has 3 rings (SSSR count). The second-order valence-corrected chi connectivity index (χ2v) is 6.12. The Morgan fingerprint density at radius 2 is 2.09 bits per heavy atom. The number of benzene rings is 1. The van der Waals surface area contributed by atoms with Crippen LogP contribution in [-0.2, 0) is 14.4 Å². The highest BCUT2D eigenvalue weighted by molar-refractivity contribution is 8.00. The molecular formula is C14H14N2O5S. The standard InChI is InChI=1S/C14H14N2O5S/c17-10(6-21-8-4-2-1-3-5-8)15-11-12(18)16-9(14(19)20)7-22-13(11)16/h1-5,9,11,13H,6-7H2,(H,15,17)(H,19,20)/t9-,11-,13-/m1/s1. The van der Waals surface area contributed by atoms with E-state index >= 15 is 0 Å². The van der Waals surface area contributed by atoms with Gasteiger partial charge in [-0.1, -0.05) is 18.2 Å². The van der Waals surface area contributed by atoms with Gasteiger partial charge in [0.1, 0.15) is 23.2 Å². The Kier molecular flexibility index (Phi) is 3.93. The maximum absolute atomic E-state index is 12.0. The summed E-state index contributed by atoms with van der Waals surface area (Å²) in [4.78, 5) is 36.1. The number of nitrogens with one attached hydrogen (secondary N) is 1. The number of carboxylic acid groups (broad SMARTS) is 1. The van der Waals surface area contributed by atoms with E-state index in [-0.39, 0.29) is 17.9 Å². The van der Waals surface area contributed by atoms with Gasteiger partial charge in [-0.25, -0.2) is 4.79 Å². The van der Waals surface area contributed by atoms with E-state index in [4.69, 9.17) is 9.84 Å². The summed E-state index contributed by atoms with van der Waals surface area (Å²) in [7, 11) is 0. The van der Waals surface area contributed by atoms with Gasteiger partial charge in [0.25, 0.3) is 5.91 Å². The zero-order valence-electron chi connectivity index (χ0n) is 11.5. The molecule has 2 heterocycles. The fraction of sp³-hybridized carbons (Fsp3) is 0.357. The van der Waals surface area contributed by atoms with Crippen molar-refractivity contribution in [3.8, 4) is 5.75 Å². The lowest BCUT2D eigenvalue weighted by molar-refractivity contribution is -0.159. The first-order chi connectivity index (χ1) is 10.6. The molecule has 2 aliphatic rings. The van der Waals surface area contributed by atoms with Crippen LogP contribution in [0.2, 0.25) is 0 Å². The molecule has 0 aliphatic carbocycles. The van der Waals surface area contributed by atoms with Crippen molar-refractivity contribution < 1.29 is 24.2 Å². The summed E-state index contributed by atoms with van der Waals surface area (Å²) in [6.07, 6.45) is 0. The molecule has 0 spiro atoms. The van der Waals surface area contributed by atoms with Crippen molar-refractivity contribution in [3.63, 3.8) is 0 Å². The van der Waals surface area contributed by atoms with Crippen LogP contribution in [0.5, 0.6) is 5.75 Å². The summed E-state index contributed by atoms with van der Waals surface area (Å²) in [5, 5.41) is 11.3. The zero-order chi connectivity index (χ0) is 15.7. The Morgan fingerprint density at radius 3 is 2.77 bits per heavy atom. The van der Waals surface area contributed by atoms with Crippen LogP contribution >= 0.6 is 11.8 Å². The van der Waals surface area contributed by atoms with E-state index in [1.165, 1.54) is 16.7 Å². The molecule has 2 aliphatic heterocycles. The average molecular weight is 322 g/mol. The molecule has 0 aromatic heterocycles. The quantitative estimate of drug-likeness (QED) is 0.736. The average Bonchev–Trinajstić information content (AvgIpc) is 2.92. The summed E-state index contributed by atoms with van der Waals surface area (Å²) >= 11 is 1.37. The molecule has 7 nitrogen and oxygen atoms in total. The summed E-state index contributed by atoms with van der Waals surface area (Å²) in [5.41, 5.74) is 0. The largest absolute Gasteiger partial charge is 0.484 e. The van der Waals surface area contributed by atoms with Crippen molar-refractivity contribution in [1.82, 2.24) is 10.2 Å². The van der Waals surface area contributed by atoms with Crippen LogP contribution in [-0.4, -0.2) is 57.6 Å². The van der Waals surface area contributed by atoms with Crippen molar-refractivity contribution in [3.05, 3.63) is 30.3 Å². The molecule has 1 aromatic carbocycles. The molecule has 0 unspecified atom stereocenters. The number of hydrogen-bond donors (Lipinski definition) is 2. The molecule has 2 saturated heterocycles. The first kappa shape index (κ1) is 14.7. The minimum absolute atomic E-state index is 0.187. The molecule has 1 aromatic rings. The number of β-lactam (4-membered cyclic amide) rings is 1. The predicted molar refractivity (Wildman–Crippen MR) is 78.4 cm³/mol. The van der Waals surface area contributed by atoms with Gasteiger partial charge in [-0.15, -0.1) is 11.8 Å². The zero-order valence-corrected chi connectivity index (χ0v) is 12.3. The van der Waals surface area contributed by atoms with Gasteiger partial charge in [0.05, 0.1) is 0 Å². The van der Waals surface area contributed by atoms with Crippen molar-refractivity contribution in [1.29, 1.82) is 0 Å². The van der Waals surface area contributed by atoms with E-state index in [1.54, 1.807) is 24.3 Å². The lowest BCUT2D eigenvalue weighted by atomic mass is 10.0. The number of nitrogens with zero attached hydrogens (tertiary/aromatic N) is 1. The highest BCUT2D eigenvalue weighted by Crippen LogP contribution is 2.39. The maximum atomic E-state index is 12.0. The molecule has 0 saturated carbocycles. The molecule has 2 amide bonds. The summed E-state index contributed by atoms with van der Waals surface area (Å²) in [5.74, 6) is -0.851. The topological polar surface area (TPSA) is 95.9 Å². The number of carboxylic acids is 1. The second kappa shape index (κ2) is 5.88. The Balaban J connectivity index is 1.51. The van der Waals surface area contributed by atoms with Crippen molar-refractivity contribution in [2.45, 2.75) is 17.5 Å². The molecule has 0 bridgehead atoms. The summed E-state index contributed by atoms with van der Waals surface area (Å²) in [6, 6.07) is 7.42. The third kappa shape index (κ3) is 2.61. The van der Waals surface area contributed by atoms with Crippen molar-refractivity contribution >= 4 is 29.5 Å². The number of carbonyl (C=O) groups excluding carboxylic acids is 2. The summed E-state index contributed by atoms with van der Waals surface area (Å²) < 4.78 is 5.31. The molecule has 2 fully saturated rings. The van der Waals surface area contributed by atoms with E-state index in [9.17, 15) is 14.4 Å². The number of hydrogen-bond acceptors (Lipinski definition) is 5. The van der Waals surface area contributed by atoms with E-state index in [2.05, 4.69) is 5.32 Å². The number of thioether (sulfide) groups is 1. The third-order valence-electron chi connectivity index (χ3n) is 3.56. The predicted octanol–water partition coefficient (Wildman–Crippen LogP) is -0.0815. The van der Waals surface area contributed by atoms with Gasteiger partial charge >= 0.3 is 5.97 Å². The molecule has 3 atom stereocenters. The molecule has 8 heteroatoms. The lowest BCUT2D eigenvalue weighted by Crippen LogP contribution is -2.70. The van der Waals surface area contributed by atoms with E-state index in [0.717, 1.165) is 0 Å². The van der Waals surface area contributed by atoms with Crippen molar-refractivity contribution in [2.75, 3.05) is 12.4 Å². The van der Waals surface area contributed by atoms with Gasteiger partial charge in [0.2, 0.25) is 5.91 Å². The number of rotatable bonds is 5. The second-order valence-electron chi connectivity index (χ2n) is 4.97. The van der Waals surface area contributed by atoms with E-state index in [0.29, 0.717) is 11.5 Å². The highest BCUT2D eigenvalue weighted by atomic mass is 32.2. The fourth-order valence-corrected chi connectivity index (χ4v) is 3.94. The third-order valence-corrected chi connectivity index (χ3v) is 4.90. The first-order valence-corrected chi connectivity index (χ1v) is 7.76. The fourth-order valence-electron chi connectivity index (χ4n) is 2.47. The van der Waals surface area contributed by atoms with Crippen LogP contribution in [0.25, 0.3) is 0 Å². The molecule has 0 radical (unpaired) electrons. The van der Waals surface area contributed by atoms with Gasteiger partial charge in [-0.3, -0.25) is 9.59 Å². The van der Waals surface area contributed by atoms with Crippen LogP contribution in [0.15, 0.2) is 30.3 Å². The molecule has 2 N–H and O–H groups in total. The number of carbonyl (C=O) groups is 3. The van der Waals surface area contributed by atoms with Gasteiger partial charge in [0.15, 0.2) is 6.61 Å². The van der Waals surface area contributed by atoms with Crippen LogP contribution in [0.1, 0.15) is 0 Å². The monoisotopic (exact) mass is 322 g/mol. The normalized spacial score (nSPS) is 26.1. The van der Waals surface area contributed by atoms with Crippen LogP contribution < -0.4 is 10.1 Å². The van der Waals surface area contributed by atoms with E-state index < -0.39 is 24.0 Å². The lowest BCUT2D eigenvalue weighted by Gasteiger charge is -2.43. The number of para-hydroxylation sites is 1. The van der Waals surface area contributed by atoms with Gasteiger partial charge < -0.3 is 20.1 Å². The maximum Gasteiger partial charge on any atom is 0.327 e. The SMILES string of the molecule is O=C(COc1ccccc1)N[C@@H]1C(=O)N2[C@@H](C(=O)O)CS[C@H]12. The minimum Gasteiger partial charge on any atom is -0.484 e. The Bertz CT molecular complexity index is 609. The minimum atomic E-state index is -1.01. The van der Waals surface area contributed by atoms with Gasteiger partial charge in [-0.05, 0) is 12.1 Å². The van der Waals surface area contributed by atoms with Crippen molar-refractivity contribution in [2.24, 2.45) is 0 Å². The molecule has 116 valence electrons. The number of amides is 2. The van der Waals surface area contributed by atoms with Gasteiger partial charge in [0, 0.05) is 5.75 Å². The van der Waals surface area contributed by atoms with Crippen LogP contribution in [0.4, 0.5) is 0 Å². The van der Waals surface area contributed by atoms with Gasteiger partial charge in [-0.2, -0.15) is 0 Å². The van der Waals surface area contributed by atoms with Crippen LogP contribution in [0, 0.1) is 0 Å². The smallest absolute Gasteiger partial charge is 0.327 e. The number of ether oxygens (including phenoxy) is 1. The molecule has 22 heavy (non-hydrogen) atoms. The molecular weight excluding hydrogens is 308 g/mol. The number of aliphatic carboxylic acids is 1. The Labute approximate surface area is 130 Å². The highest BCUT2D eigenvalue weighted by Gasteiger charge is 2.57. The summed E-state index contributed by atoms with van der Waals surface area (Å²) in [6.45, 7) is -0.187. The Hall–Kier alpha value is -2.22. The first-order valence-electron chi connectivity index (χ1n) is 6.72.